The minimum Gasteiger partial charge on any atom is -0.360 e. The second-order valence-electron chi connectivity index (χ2n) is 9.82. The van der Waals surface area contributed by atoms with E-state index in [0.29, 0.717) is 35.8 Å². The summed E-state index contributed by atoms with van der Waals surface area (Å²) in [6.07, 6.45) is 2.48. The van der Waals surface area contributed by atoms with Crippen LogP contribution >= 0.6 is 11.3 Å². The summed E-state index contributed by atoms with van der Waals surface area (Å²) in [5, 5.41) is 7.03. The van der Waals surface area contributed by atoms with E-state index in [1.165, 1.54) is 5.56 Å². The molecule has 0 spiro atoms. The molecule has 0 N–H and O–H groups in total. The third kappa shape index (κ3) is 4.25. The van der Waals surface area contributed by atoms with Crippen molar-refractivity contribution in [2.75, 3.05) is 18.0 Å². The first kappa shape index (κ1) is 23.6. The van der Waals surface area contributed by atoms with Crippen molar-refractivity contribution in [3.8, 4) is 11.3 Å². The Morgan fingerprint density at radius 2 is 1.73 bits per heavy atom. The van der Waals surface area contributed by atoms with Crippen molar-refractivity contribution < 1.29 is 14.1 Å². The number of hydrogen-bond acceptors (Lipinski definition) is 6. The molecule has 1 fully saturated rings. The number of fused-ring (bicyclic) bond motifs is 1. The van der Waals surface area contributed by atoms with Gasteiger partial charge in [0.25, 0.3) is 11.8 Å². The van der Waals surface area contributed by atoms with Gasteiger partial charge in [0.1, 0.15) is 22.7 Å². The number of para-hydroxylation sites is 1. The molecule has 4 heterocycles. The fourth-order valence-corrected chi connectivity index (χ4v) is 6.44. The third-order valence-electron chi connectivity index (χ3n) is 7.42. The topological polar surface area (TPSA) is 79.5 Å². The van der Waals surface area contributed by atoms with Gasteiger partial charge >= 0.3 is 0 Å². The molecule has 0 saturated carbocycles. The summed E-state index contributed by atoms with van der Waals surface area (Å²) in [6.45, 7) is 5.12. The van der Waals surface area contributed by atoms with E-state index in [1.807, 2.05) is 63.7 Å². The highest BCUT2D eigenvalue weighted by Gasteiger charge is 2.34. The predicted molar refractivity (Wildman–Crippen MR) is 143 cm³/mol. The van der Waals surface area contributed by atoms with E-state index < -0.39 is 0 Å². The monoisotopic (exact) mass is 512 g/mol. The average Bonchev–Trinajstić information content (AvgIpc) is 3.65. The number of aryl methyl sites for hydroxylation is 1. The molecule has 2 aliphatic rings. The Kier molecular flexibility index (Phi) is 6.12. The molecule has 0 radical (unpaired) electrons. The van der Waals surface area contributed by atoms with Crippen molar-refractivity contribution in [1.29, 1.82) is 0 Å². The molecule has 2 aromatic heterocycles. The van der Waals surface area contributed by atoms with Crippen LogP contribution in [-0.2, 0) is 6.42 Å². The van der Waals surface area contributed by atoms with Crippen LogP contribution in [0.4, 0.5) is 5.69 Å². The summed E-state index contributed by atoms with van der Waals surface area (Å²) < 4.78 is 5.41. The largest absolute Gasteiger partial charge is 0.360 e. The maximum absolute atomic E-state index is 13.5. The molecular weight excluding hydrogens is 484 g/mol. The summed E-state index contributed by atoms with van der Waals surface area (Å²) in [5.41, 5.74) is 4.69. The van der Waals surface area contributed by atoms with E-state index in [4.69, 9.17) is 9.51 Å². The fraction of sp³-hybridized carbons (Fsp3) is 0.310. The van der Waals surface area contributed by atoms with Gasteiger partial charge in [0, 0.05) is 41.7 Å². The first-order chi connectivity index (χ1) is 18.0. The fourth-order valence-electron chi connectivity index (χ4n) is 5.48. The van der Waals surface area contributed by atoms with Crippen LogP contribution in [0.1, 0.15) is 62.9 Å². The Morgan fingerprint density at radius 3 is 2.51 bits per heavy atom. The molecule has 2 aliphatic heterocycles. The zero-order chi connectivity index (χ0) is 25.5. The van der Waals surface area contributed by atoms with Crippen LogP contribution in [0.2, 0.25) is 0 Å². The number of nitrogens with zero attached hydrogens (tertiary/aromatic N) is 4. The summed E-state index contributed by atoms with van der Waals surface area (Å²) >= 11 is 1.55. The van der Waals surface area contributed by atoms with Crippen LogP contribution < -0.4 is 4.90 Å². The number of likely N-dealkylation sites (tertiary alicyclic amines) is 1. The number of anilines is 1. The molecule has 2 amide bonds. The molecule has 188 valence electrons. The van der Waals surface area contributed by atoms with Gasteiger partial charge < -0.3 is 14.3 Å². The van der Waals surface area contributed by atoms with Crippen molar-refractivity contribution >= 4 is 28.8 Å². The lowest BCUT2D eigenvalue weighted by Gasteiger charge is -2.31. The second kappa shape index (κ2) is 9.59. The van der Waals surface area contributed by atoms with Crippen LogP contribution in [0.25, 0.3) is 11.3 Å². The van der Waals surface area contributed by atoms with Crippen molar-refractivity contribution in [2.24, 2.45) is 0 Å². The Labute approximate surface area is 219 Å². The molecule has 37 heavy (non-hydrogen) atoms. The Bertz CT molecular complexity index is 1450. The van der Waals surface area contributed by atoms with Crippen molar-refractivity contribution in [2.45, 2.75) is 45.1 Å². The van der Waals surface area contributed by atoms with Gasteiger partial charge in [-0.05, 0) is 44.7 Å². The quantitative estimate of drug-likeness (QED) is 0.350. The van der Waals surface area contributed by atoms with Gasteiger partial charge in [-0.1, -0.05) is 53.7 Å². The number of thiazole rings is 1. The molecule has 6 rings (SSSR count). The van der Waals surface area contributed by atoms with Crippen LogP contribution in [-0.4, -0.2) is 46.0 Å². The lowest BCUT2D eigenvalue weighted by atomic mass is 9.96. The number of carbonyl (C=O) groups excluding carboxylic acids is 2. The molecule has 8 heteroatoms. The summed E-state index contributed by atoms with van der Waals surface area (Å²) in [7, 11) is 0. The van der Waals surface area contributed by atoms with Gasteiger partial charge in [0.15, 0.2) is 0 Å². The zero-order valence-electron chi connectivity index (χ0n) is 20.9. The minimum atomic E-state index is -0.0484. The molecule has 2 aromatic carbocycles. The van der Waals surface area contributed by atoms with E-state index in [0.717, 1.165) is 35.5 Å². The van der Waals surface area contributed by atoms with Crippen LogP contribution in [0, 0.1) is 6.92 Å². The minimum absolute atomic E-state index is 0.0380. The number of hydrogen-bond donors (Lipinski definition) is 0. The normalized spacial score (nSPS) is 17.7. The van der Waals surface area contributed by atoms with Crippen LogP contribution in [0.15, 0.2) is 64.5 Å². The summed E-state index contributed by atoms with van der Waals surface area (Å²) in [5.74, 6) is 0.680. The van der Waals surface area contributed by atoms with Gasteiger partial charge in [0.05, 0.1) is 5.01 Å². The highest BCUT2D eigenvalue weighted by atomic mass is 32.1. The maximum atomic E-state index is 13.5. The van der Waals surface area contributed by atoms with Crippen LogP contribution in [0.5, 0.6) is 0 Å². The first-order valence-electron chi connectivity index (χ1n) is 12.7. The van der Waals surface area contributed by atoms with Gasteiger partial charge in [-0.3, -0.25) is 9.59 Å². The number of rotatable bonds is 4. The SMILES string of the molecule is Cc1onc(-c2ccccc2)c1C(=O)N1CCC(c2nc(C(=O)N3c4ccccc4CC3C)cs2)CC1. The van der Waals surface area contributed by atoms with Crippen molar-refractivity contribution in [3.05, 3.63) is 87.6 Å². The van der Waals surface area contributed by atoms with Gasteiger partial charge in [0.2, 0.25) is 0 Å². The van der Waals surface area contributed by atoms with Crippen LogP contribution in [0.3, 0.4) is 0 Å². The number of amides is 2. The van der Waals surface area contributed by atoms with E-state index >= 15 is 0 Å². The Morgan fingerprint density at radius 1 is 1.00 bits per heavy atom. The highest BCUT2D eigenvalue weighted by Crippen LogP contribution is 2.36. The van der Waals surface area contributed by atoms with Crippen molar-refractivity contribution in [3.63, 3.8) is 0 Å². The molecule has 1 atom stereocenters. The first-order valence-corrected chi connectivity index (χ1v) is 13.6. The van der Waals surface area contributed by atoms with Gasteiger partial charge in [-0.25, -0.2) is 4.98 Å². The number of benzene rings is 2. The molecule has 7 nitrogen and oxygen atoms in total. The number of piperidine rings is 1. The zero-order valence-corrected chi connectivity index (χ0v) is 21.7. The van der Waals surface area contributed by atoms with Crippen molar-refractivity contribution in [1.82, 2.24) is 15.0 Å². The molecule has 0 bridgehead atoms. The molecular formula is C29H28N4O3S. The third-order valence-corrected chi connectivity index (χ3v) is 8.43. The predicted octanol–water partition coefficient (Wildman–Crippen LogP) is 5.72. The van der Waals surface area contributed by atoms with E-state index in [2.05, 4.69) is 18.1 Å². The number of carbonyl (C=O) groups is 2. The highest BCUT2D eigenvalue weighted by molar-refractivity contribution is 7.10. The van der Waals surface area contributed by atoms with E-state index in [-0.39, 0.29) is 23.8 Å². The van der Waals surface area contributed by atoms with Gasteiger partial charge in [-0.2, -0.15) is 0 Å². The maximum Gasteiger partial charge on any atom is 0.278 e. The second-order valence-corrected chi connectivity index (χ2v) is 10.7. The van der Waals surface area contributed by atoms with E-state index in [9.17, 15) is 9.59 Å². The smallest absolute Gasteiger partial charge is 0.278 e. The standard InChI is InChI=1S/C29H28N4O3S/c1-18-16-22-10-6-7-11-24(22)33(18)28(34)23-17-37-27(30-23)21-12-14-32(15-13-21)29(35)25-19(2)36-31-26(25)20-8-4-3-5-9-20/h3-11,17-18,21H,12-16H2,1-2H3. The average molecular weight is 513 g/mol. The Hall–Kier alpha value is -3.78. The number of aromatic nitrogens is 2. The van der Waals surface area contributed by atoms with Gasteiger partial charge in [-0.15, -0.1) is 11.3 Å². The van der Waals surface area contributed by atoms with E-state index in [1.54, 1.807) is 18.3 Å². The molecule has 1 saturated heterocycles. The summed E-state index contributed by atoms with van der Waals surface area (Å²) in [4.78, 5) is 35.4. The molecule has 1 unspecified atom stereocenters. The Balaban J connectivity index is 1.14. The molecule has 0 aliphatic carbocycles. The lowest BCUT2D eigenvalue weighted by molar-refractivity contribution is 0.0711. The molecule has 4 aromatic rings. The summed E-state index contributed by atoms with van der Waals surface area (Å²) in [6, 6.07) is 17.9. The lowest BCUT2D eigenvalue weighted by Crippen LogP contribution is -2.38.